The molecule has 1 fully saturated rings. The molecule has 1 aliphatic heterocycles. The number of rotatable bonds is 4. The van der Waals surface area contributed by atoms with Gasteiger partial charge in [-0.2, -0.15) is 5.10 Å². The van der Waals surface area contributed by atoms with Gasteiger partial charge in [-0.1, -0.05) is 17.3 Å². The summed E-state index contributed by atoms with van der Waals surface area (Å²) in [5, 5.41) is 17.4. The normalized spacial score (nSPS) is 15.4. The van der Waals surface area contributed by atoms with Crippen molar-refractivity contribution in [1.29, 1.82) is 0 Å². The van der Waals surface area contributed by atoms with Gasteiger partial charge in [-0.05, 0) is 50.5 Å². The quantitative estimate of drug-likeness (QED) is 0.550. The maximum atomic E-state index is 12.8. The van der Waals surface area contributed by atoms with Crippen LogP contribution in [0.3, 0.4) is 0 Å². The molecule has 9 heteroatoms. The molecule has 0 atom stereocenters. The largest absolute Gasteiger partial charge is 0.306 e. The number of nitrogens with zero attached hydrogens (tertiary/aromatic N) is 7. The van der Waals surface area contributed by atoms with Gasteiger partial charge in [0.2, 0.25) is 0 Å². The van der Waals surface area contributed by atoms with E-state index in [1.165, 1.54) is 0 Å². The van der Waals surface area contributed by atoms with Crippen LogP contribution in [0.2, 0.25) is 0 Å². The number of carbonyl (C=O) groups excluding carboxylic acids is 1. The number of aryl methyl sites for hydroxylation is 1. The van der Waals surface area contributed by atoms with Crippen molar-refractivity contribution < 1.29 is 4.79 Å². The third kappa shape index (κ3) is 4.04. The lowest BCUT2D eigenvalue weighted by atomic mass is 10.1. The molecule has 0 aliphatic carbocycles. The molecule has 3 aromatic heterocycles. The SMILES string of the molecule is CN1CCC(n2cc(C(=O)Nc3cc4cc(-c5cn(C)nn5)ccc4cn3)cn2)CC1. The molecule has 158 valence electrons. The molecular formula is C22H24N8O. The minimum atomic E-state index is -0.212. The molecule has 5 rings (SSSR count). The van der Waals surface area contributed by atoms with Gasteiger partial charge in [0.25, 0.3) is 5.91 Å². The number of piperidine rings is 1. The van der Waals surface area contributed by atoms with Gasteiger partial charge in [0.15, 0.2) is 0 Å². The lowest BCUT2D eigenvalue weighted by Crippen LogP contribution is -2.31. The van der Waals surface area contributed by atoms with Crippen molar-refractivity contribution in [1.82, 2.24) is 34.7 Å². The number of hydrogen-bond donors (Lipinski definition) is 1. The maximum Gasteiger partial charge on any atom is 0.260 e. The first-order valence-electron chi connectivity index (χ1n) is 10.4. The van der Waals surface area contributed by atoms with Crippen molar-refractivity contribution in [2.24, 2.45) is 7.05 Å². The molecule has 1 saturated heterocycles. The summed E-state index contributed by atoms with van der Waals surface area (Å²) in [6, 6.07) is 8.22. The molecule has 1 amide bonds. The number of nitrogens with one attached hydrogen (secondary N) is 1. The van der Waals surface area contributed by atoms with E-state index in [0.29, 0.717) is 17.4 Å². The summed E-state index contributed by atoms with van der Waals surface area (Å²) in [6.45, 7) is 2.09. The zero-order valence-electron chi connectivity index (χ0n) is 17.6. The number of benzene rings is 1. The third-order valence-corrected chi connectivity index (χ3v) is 5.79. The summed E-state index contributed by atoms with van der Waals surface area (Å²) < 4.78 is 3.59. The maximum absolute atomic E-state index is 12.8. The predicted octanol–water partition coefficient (Wildman–Crippen LogP) is 2.75. The van der Waals surface area contributed by atoms with Gasteiger partial charge in [-0.25, -0.2) is 4.98 Å². The van der Waals surface area contributed by atoms with E-state index in [9.17, 15) is 4.79 Å². The molecule has 31 heavy (non-hydrogen) atoms. The van der Waals surface area contributed by atoms with E-state index in [1.54, 1.807) is 17.1 Å². The Labute approximate surface area is 179 Å². The number of pyridine rings is 1. The van der Waals surface area contributed by atoms with Crippen LogP contribution in [0, 0.1) is 0 Å². The lowest BCUT2D eigenvalue weighted by Gasteiger charge is -2.28. The van der Waals surface area contributed by atoms with Crippen LogP contribution in [-0.4, -0.2) is 60.7 Å². The fourth-order valence-electron chi connectivity index (χ4n) is 3.95. The van der Waals surface area contributed by atoms with Gasteiger partial charge >= 0.3 is 0 Å². The van der Waals surface area contributed by atoms with E-state index in [2.05, 4.69) is 37.7 Å². The monoisotopic (exact) mass is 416 g/mol. The van der Waals surface area contributed by atoms with Crippen LogP contribution >= 0.6 is 0 Å². The second kappa shape index (κ2) is 7.92. The van der Waals surface area contributed by atoms with Crippen LogP contribution in [0.4, 0.5) is 5.82 Å². The van der Waals surface area contributed by atoms with Crippen molar-refractivity contribution >= 4 is 22.5 Å². The van der Waals surface area contributed by atoms with Gasteiger partial charge in [-0.15, -0.1) is 5.10 Å². The van der Waals surface area contributed by atoms with Crippen LogP contribution in [0.1, 0.15) is 29.2 Å². The highest BCUT2D eigenvalue weighted by Gasteiger charge is 2.20. The van der Waals surface area contributed by atoms with E-state index in [0.717, 1.165) is 48.0 Å². The number of hydrogen-bond acceptors (Lipinski definition) is 6. The summed E-state index contributed by atoms with van der Waals surface area (Å²) in [5.74, 6) is 0.289. The van der Waals surface area contributed by atoms with E-state index in [1.807, 2.05) is 48.4 Å². The van der Waals surface area contributed by atoms with E-state index in [4.69, 9.17) is 0 Å². The van der Waals surface area contributed by atoms with Gasteiger partial charge < -0.3 is 10.2 Å². The smallest absolute Gasteiger partial charge is 0.260 e. The predicted molar refractivity (Wildman–Crippen MR) is 118 cm³/mol. The summed E-state index contributed by atoms with van der Waals surface area (Å²) in [6.07, 6.45) is 9.17. The minimum absolute atomic E-state index is 0.212. The topological polar surface area (TPSA) is 93.8 Å². The number of aromatic nitrogens is 6. The van der Waals surface area contributed by atoms with Gasteiger partial charge in [0.1, 0.15) is 11.5 Å². The highest BCUT2D eigenvalue weighted by Crippen LogP contribution is 2.25. The summed E-state index contributed by atoms with van der Waals surface area (Å²) >= 11 is 0. The van der Waals surface area contributed by atoms with Crippen molar-refractivity contribution in [3.05, 3.63) is 54.6 Å². The molecule has 0 spiro atoms. The zero-order valence-corrected chi connectivity index (χ0v) is 17.6. The average Bonchev–Trinajstić information content (AvgIpc) is 3.43. The molecule has 1 N–H and O–H groups in total. The fraction of sp³-hybridized carbons (Fsp3) is 0.318. The lowest BCUT2D eigenvalue weighted by molar-refractivity contribution is 0.102. The molecule has 4 heterocycles. The number of likely N-dealkylation sites (tertiary alicyclic amines) is 1. The van der Waals surface area contributed by atoms with Crippen molar-refractivity contribution in [2.45, 2.75) is 18.9 Å². The third-order valence-electron chi connectivity index (χ3n) is 5.79. The second-order valence-corrected chi connectivity index (χ2v) is 8.11. The fourth-order valence-corrected chi connectivity index (χ4v) is 3.95. The van der Waals surface area contributed by atoms with Crippen molar-refractivity contribution in [3.63, 3.8) is 0 Å². The Hall–Kier alpha value is -3.59. The van der Waals surface area contributed by atoms with E-state index >= 15 is 0 Å². The zero-order chi connectivity index (χ0) is 21.4. The molecular weight excluding hydrogens is 392 g/mol. The van der Waals surface area contributed by atoms with Gasteiger partial charge in [0, 0.05) is 30.4 Å². The van der Waals surface area contributed by atoms with Crippen LogP contribution in [0.25, 0.3) is 22.0 Å². The standard InChI is InChI=1S/C22H24N8O/c1-28-7-5-19(6-8-28)30-13-18(12-24-30)22(31)25-21-10-17-9-15(3-4-16(17)11-23-21)20-14-29(2)27-26-20/h3-4,9-14,19H,5-8H2,1-2H3,(H,23,25,31). The second-order valence-electron chi connectivity index (χ2n) is 8.11. The Morgan fingerprint density at radius 3 is 2.68 bits per heavy atom. The van der Waals surface area contributed by atoms with Gasteiger partial charge in [0.05, 0.1) is 24.0 Å². The Balaban J connectivity index is 1.33. The Morgan fingerprint density at radius 2 is 1.90 bits per heavy atom. The molecule has 1 aromatic carbocycles. The summed E-state index contributed by atoms with van der Waals surface area (Å²) in [4.78, 5) is 19.5. The molecule has 4 aromatic rings. The molecule has 0 radical (unpaired) electrons. The number of fused-ring (bicyclic) bond motifs is 1. The van der Waals surface area contributed by atoms with E-state index < -0.39 is 0 Å². The highest BCUT2D eigenvalue weighted by molar-refractivity contribution is 6.04. The first-order chi connectivity index (χ1) is 15.0. The Bertz CT molecular complexity index is 1240. The van der Waals surface area contributed by atoms with Crippen molar-refractivity contribution in [2.75, 3.05) is 25.5 Å². The van der Waals surface area contributed by atoms with Crippen LogP contribution < -0.4 is 5.32 Å². The Kier molecular flexibility index (Phi) is 4.95. The molecule has 1 aliphatic rings. The summed E-state index contributed by atoms with van der Waals surface area (Å²) in [7, 11) is 3.97. The first kappa shape index (κ1) is 19.4. The highest BCUT2D eigenvalue weighted by atomic mass is 16.1. The van der Waals surface area contributed by atoms with E-state index in [-0.39, 0.29) is 5.91 Å². The number of amides is 1. The van der Waals surface area contributed by atoms with Crippen LogP contribution in [0.15, 0.2) is 49.1 Å². The molecule has 0 saturated carbocycles. The van der Waals surface area contributed by atoms with Gasteiger partial charge in [-0.3, -0.25) is 14.2 Å². The minimum Gasteiger partial charge on any atom is -0.306 e. The summed E-state index contributed by atoms with van der Waals surface area (Å²) in [5.41, 5.74) is 2.30. The van der Waals surface area contributed by atoms with Crippen molar-refractivity contribution in [3.8, 4) is 11.3 Å². The molecule has 9 nitrogen and oxygen atoms in total. The first-order valence-corrected chi connectivity index (χ1v) is 10.4. The Morgan fingerprint density at radius 1 is 1.06 bits per heavy atom. The molecule has 0 bridgehead atoms. The molecule has 0 unspecified atom stereocenters. The van der Waals surface area contributed by atoms with Crippen LogP contribution in [-0.2, 0) is 7.05 Å². The average molecular weight is 416 g/mol. The number of anilines is 1. The van der Waals surface area contributed by atoms with Crippen LogP contribution in [0.5, 0.6) is 0 Å². The number of carbonyl (C=O) groups is 1.